The van der Waals surface area contributed by atoms with Crippen LogP contribution in [0.25, 0.3) is 0 Å². The van der Waals surface area contributed by atoms with Crippen molar-refractivity contribution < 1.29 is 5.11 Å². The molecule has 6 N–H and O–H groups in total. The molecule has 0 aromatic heterocycles. The van der Waals surface area contributed by atoms with E-state index in [0.29, 0.717) is 24.4 Å². The topological polar surface area (TPSA) is 87.5 Å². The average molecular weight is 314 g/mol. The molecule has 0 aliphatic carbocycles. The highest BCUT2D eigenvalue weighted by molar-refractivity contribution is 5.35. The Kier molecular flexibility index (Phi) is 6.26. The third-order valence-corrected chi connectivity index (χ3v) is 4.03. The molecule has 1 atom stereocenters. The van der Waals surface area contributed by atoms with Gasteiger partial charge in [-0.2, -0.15) is 0 Å². The van der Waals surface area contributed by atoms with Gasteiger partial charge in [0.1, 0.15) is 0 Å². The molecule has 1 heterocycles. The SMILES string of the molecule is C=C(NCC(O)CN1CCc2ccccc2C1)C(/C=C\N)=C/N. The van der Waals surface area contributed by atoms with Crippen molar-refractivity contribution in [3.63, 3.8) is 0 Å². The molecule has 0 amide bonds. The maximum absolute atomic E-state index is 10.2. The number of aliphatic hydroxyl groups is 1. The molecular formula is C18H26N4O. The van der Waals surface area contributed by atoms with Crippen LogP contribution >= 0.6 is 0 Å². The lowest BCUT2D eigenvalue weighted by atomic mass is 10.00. The number of hydrogen-bond acceptors (Lipinski definition) is 5. The van der Waals surface area contributed by atoms with Crippen molar-refractivity contribution in [3.8, 4) is 0 Å². The summed E-state index contributed by atoms with van der Waals surface area (Å²) in [6.07, 6.45) is 5.07. The molecule has 5 heteroatoms. The summed E-state index contributed by atoms with van der Waals surface area (Å²) in [5, 5.41) is 13.3. The minimum Gasteiger partial charge on any atom is -0.405 e. The molecule has 0 bridgehead atoms. The van der Waals surface area contributed by atoms with Gasteiger partial charge in [-0.15, -0.1) is 0 Å². The smallest absolute Gasteiger partial charge is 0.0839 e. The number of hydrogen-bond donors (Lipinski definition) is 4. The Morgan fingerprint density at radius 3 is 2.78 bits per heavy atom. The van der Waals surface area contributed by atoms with Crippen LogP contribution in [0.2, 0.25) is 0 Å². The van der Waals surface area contributed by atoms with Gasteiger partial charge in [0.2, 0.25) is 0 Å². The van der Waals surface area contributed by atoms with Crippen molar-refractivity contribution in [3.05, 3.63) is 71.7 Å². The second kappa shape index (κ2) is 8.41. The molecule has 5 nitrogen and oxygen atoms in total. The van der Waals surface area contributed by atoms with E-state index in [4.69, 9.17) is 11.5 Å². The van der Waals surface area contributed by atoms with Crippen LogP contribution < -0.4 is 16.8 Å². The van der Waals surface area contributed by atoms with Crippen LogP contribution in [0.5, 0.6) is 0 Å². The van der Waals surface area contributed by atoms with Gasteiger partial charge in [0.15, 0.2) is 0 Å². The maximum atomic E-state index is 10.2. The zero-order valence-corrected chi connectivity index (χ0v) is 13.4. The normalized spacial score (nSPS) is 17.0. The lowest BCUT2D eigenvalue weighted by Crippen LogP contribution is -2.40. The highest BCUT2D eigenvalue weighted by atomic mass is 16.3. The first-order chi connectivity index (χ1) is 11.1. The number of allylic oxidation sites excluding steroid dienone is 1. The fourth-order valence-electron chi connectivity index (χ4n) is 2.78. The Balaban J connectivity index is 1.80. The van der Waals surface area contributed by atoms with Crippen molar-refractivity contribution in [2.45, 2.75) is 19.1 Å². The molecule has 23 heavy (non-hydrogen) atoms. The Morgan fingerprint density at radius 2 is 2.09 bits per heavy atom. The van der Waals surface area contributed by atoms with Gasteiger partial charge in [-0.05, 0) is 29.8 Å². The van der Waals surface area contributed by atoms with Crippen LogP contribution in [-0.4, -0.2) is 35.7 Å². The molecule has 0 saturated heterocycles. The van der Waals surface area contributed by atoms with E-state index >= 15 is 0 Å². The highest BCUT2D eigenvalue weighted by Gasteiger charge is 2.18. The van der Waals surface area contributed by atoms with E-state index < -0.39 is 6.10 Å². The summed E-state index contributed by atoms with van der Waals surface area (Å²) < 4.78 is 0. The summed E-state index contributed by atoms with van der Waals surface area (Å²) in [5.41, 5.74) is 15.0. The molecular weight excluding hydrogens is 288 g/mol. The van der Waals surface area contributed by atoms with Crippen LogP contribution in [0.4, 0.5) is 0 Å². The zero-order chi connectivity index (χ0) is 16.7. The van der Waals surface area contributed by atoms with Crippen molar-refractivity contribution in [1.29, 1.82) is 0 Å². The van der Waals surface area contributed by atoms with E-state index in [2.05, 4.69) is 41.1 Å². The van der Waals surface area contributed by atoms with Crippen LogP contribution in [0, 0.1) is 0 Å². The highest BCUT2D eigenvalue weighted by Crippen LogP contribution is 2.18. The number of nitrogens with one attached hydrogen (secondary N) is 1. The number of fused-ring (bicyclic) bond motifs is 1. The molecule has 0 saturated carbocycles. The summed E-state index contributed by atoms with van der Waals surface area (Å²) in [5.74, 6) is 0. The Morgan fingerprint density at radius 1 is 1.35 bits per heavy atom. The maximum Gasteiger partial charge on any atom is 0.0839 e. The molecule has 0 spiro atoms. The zero-order valence-electron chi connectivity index (χ0n) is 13.4. The van der Waals surface area contributed by atoms with E-state index in [-0.39, 0.29) is 0 Å². The quantitative estimate of drug-likeness (QED) is 0.560. The van der Waals surface area contributed by atoms with E-state index in [1.165, 1.54) is 23.5 Å². The van der Waals surface area contributed by atoms with Crippen molar-refractivity contribution in [2.75, 3.05) is 19.6 Å². The van der Waals surface area contributed by atoms with Crippen molar-refractivity contribution in [1.82, 2.24) is 10.2 Å². The van der Waals surface area contributed by atoms with Crippen molar-refractivity contribution >= 4 is 0 Å². The van der Waals surface area contributed by atoms with Crippen LogP contribution in [0.3, 0.4) is 0 Å². The van der Waals surface area contributed by atoms with Gasteiger partial charge < -0.3 is 21.9 Å². The molecule has 0 fully saturated rings. The number of rotatable bonds is 7. The van der Waals surface area contributed by atoms with Gasteiger partial charge in [-0.3, -0.25) is 4.90 Å². The Bertz CT molecular complexity index is 594. The van der Waals surface area contributed by atoms with Gasteiger partial charge in [-0.1, -0.05) is 30.8 Å². The summed E-state index contributed by atoms with van der Waals surface area (Å²) in [6, 6.07) is 8.49. The summed E-state index contributed by atoms with van der Waals surface area (Å²) in [7, 11) is 0. The van der Waals surface area contributed by atoms with E-state index in [9.17, 15) is 5.11 Å². The molecule has 124 valence electrons. The van der Waals surface area contributed by atoms with Gasteiger partial charge in [0.25, 0.3) is 0 Å². The number of β-amino-alcohol motifs (C(OH)–C–C–N with tert-alkyl or cyclic N) is 1. The van der Waals surface area contributed by atoms with Crippen LogP contribution in [0.1, 0.15) is 11.1 Å². The number of benzene rings is 1. The molecule has 1 aromatic rings. The average Bonchev–Trinajstić information content (AvgIpc) is 2.57. The second-order valence-electron chi connectivity index (χ2n) is 5.75. The molecule has 1 aliphatic rings. The summed E-state index contributed by atoms with van der Waals surface area (Å²) in [4.78, 5) is 2.27. The standard InChI is InChI=1S/C18H26N4O/c1-14(16(10-20)6-8-19)21-11-18(23)13-22-9-7-15-4-2-3-5-17(15)12-22/h2-6,8,10,18,21,23H,1,7,9,11-13,19-20H2/b8-6-,16-10+. The second-order valence-corrected chi connectivity index (χ2v) is 5.75. The van der Waals surface area contributed by atoms with Crippen LogP contribution in [-0.2, 0) is 13.0 Å². The van der Waals surface area contributed by atoms with Crippen LogP contribution in [0.15, 0.2) is 60.6 Å². The molecule has 1 unspecified atom stereocenters. The third kappa shape index (κ3) is 4.87. The number of aliphatic hydroxyl groups excluding tert-OH is 1. The first-order valence-corrected chi connectivity index (χ1v) is 7.84. The fraction of sp³-hybridized carbons (Fsp3) is 0.333. The number of nitrogens with two attached hydrogens (primary N) is 2. The van der Waals surface area contributed by atoms with E-state index in [0.717, 1.165) is 19.5 Å². The monoisotopic (exact) mass is 314 g/mol. The predicted octanol–water partition coefficient (Wildman–Crippen LogP) is 0.824. The number of nitrogens with zero attached hydrogens (tertiary/aromatic N) is 1. The third-order valence-electron chi connectivity index (χ3n) is 4.03. The fourth-order valence-corrected chi connectivity index (χ4v) is 2.78. The van der Waals surface area contributed by atoms with Gasteiger partial charge in [0, 0.05) is 43.6 Å². The molecule has 1 aliphatic heterocycles. The first kappa shape index (κ1) is 17.1. The molecule has 1 aromatic carbocycles. The largest absolute Gasteiger partial charge is 0.405 e. The predicted molar refractivity (Wildman–Crippen MR) is 94.2 cm³/mol. The lowest BCUT2D eigenvalue weighted by Gasteiger charge is -2.30. The Hall–Kier alpha value is -2.24. The minimum absolute atomic E-state index is 0.423. The summed E-state index contributed by atoms with van der Waals surface area (Å²) >= 11 is 0. The van der Waals surface area contributed by atoms with E-state index in [1.54, 1.807) is 6.08 Å². The lowest BCUT2D eigenvalue weighted by molar-refractivity contribution is 0.106. The minimum atomic E-state index is -0.474. The first-order valence-electron chi connectivity index (χ1n) is 7.84. The van der Waals surface area contributed by atoms with Gasteiger partial charge in [-0.25, -0.2) is 0 Å². The Labute approximate surface area is 138 Å². The molecule has 0 radical (unpaired) electrons. The molecule has 2 rings (SSSR count). The van der Waals surface area contributed by atoms with E-state index in [1.807, 2.05) is 0 Å². The van der Waals surface area contributed by atoms with Crippen molar-refractivity contribution in [2.24, 2.45) is 11.5 Å². The van der Waals surface area contributed by atoms with Gasteiger partial charge in [0.05, 0.1) is 6.10 Å². The summed E-state index contributed by atoms with van der Waals surface area (Å²) in [6.45, 7) is 6.81. The van der Waals surface area contributed by atoms with Gasteiger partial charge >= 0.3 is 0 Å².